The van der Waals surface area contributed by atoms with E-state index in [9.17, 15) is 18.9 Å². The molecule has 16 heavy (non-hydrogen) atoms. The first-order chi connectivity index (χ1) is 7.26. The van der Waals surface area contributed by atoms with Gasteiger partial charge in [-0.1, -0.05) is 6.07 Å². The summed E-state index contributed by atoms with van der Waals surface area (Å²) in [7, 11) is 0. The van der Waals surface area contributed by atoms with Crippen LogP contribution in [0, 0.1) is 10.1 Å². The minimum absolute atomic E-state index is 0.105. The lowest BCUT2D eigenvalue weighted by molar-refractivity contribution is -0.386. The van der Waals surface area contributed by atoms with Crippen molar-refractivity contribution < 1.29 is 18.8 Å². The molecular weight excluding hydrogens is 222 g/mol. The first-order valence-corrected chi connectivity index (χ1v) is 4.31. The van der Waals surface area contributed by atoms with Crippen LogP contribution in [0.1, 0.15) is 12.5 Å². The molecule has 1 unspecified atom stereocenters. The lowest BCUT2D eigenvalue weighted by Gasteiger charge is -2.23. The SMILES string of the molecule is CC(N)(c1ccc(O)c([N+](=O)[O-])c1)C(F)F. The molecule has 0 heterocycles. The minimum atomic E-state index is -2.86. The third-order valence-electron chi connectivity index (χ3n) is 2.25. The van der Waals surface area contributed by atoms with E-state index < -0.39 is 28.3 Å². The Morgan fingerprint density at radius 1 is 1.56 bits per heavy atom. The normalized spacial score (nSPS) is 14.8. The fraction of sp³-hybridized carbons (Fsp3) is 0.333. The molecule has 3 N–H and O–H groups in total. The summed E-state index contributed by atoms with van der Waals surface area (Å²) in [6.07, 6.45) is -2.86. The first kappa shape index (κ1) is 12.3. The van der Waals surface area contributed by atoms with E-state index in [1.165, 1.54) is 0 Å². The van der Waals surface area contributed by atoms with Crippen LogP contribution in [0.25, 0.3) is 0 Å². The number of alkyl halides is 2. The molecule has 88 valence electrons. The molecule has 0 bridgehead atoms. The van der Waals surface area contributed by atoms with Crippen LogP contribution >= 0.6 is 0 Å². The van der Waals surface area contributed by atoms with Gasteiger partial charge in [0.05, 0.1) is 10.5 Å². The molecule has 1 aromatic carbocycles. The topological polar surface area (TPSA) is 89.4 Å². The van der Waals surface area contributed by atoms with Crippen LogP contribution in [0.3, 0.4) is 0 Å². The van der Waals surface area contributed by atoms with Gasteiger partial charge in [-0.05, 0) is 18.6 Å². The fourth-order valence-electron chi connectivity index (χ4n) is 1.13. The van der Waals surface area contributed by atoms with Crippen molar-refractivity contribution in [2.24, 2.45) is 5.73 Å². The molecule has 0 radical (unpaired) electrons. The van der Waals surface area contributed by atoms with E-state index in [0.29, 0.717) is 0 Å². The molecule has 0 aliphatic carbocycles. The molecule has 5 nitrogen and oxygen atoms in total. The second-order valence-electron chi connectivity index (χ2n) is 3.54. The van der Waals surface area contributed by atoms with Gasteiger partial charge in [-0.25, -0.2) is 8.78 Å². The van der Waals surface area contributed by atoms with Crippen LogP contribution in [0.2, 0.25) is 0 Å². The number of nitro benzene ring substituents is 1. The maximum Gasteiger partial charge on any atom is 0.311 e. The highest BCUT2D eigenvalue weighted by molar-refractivity contribution is 5.49. The summed E-state index contributed by atoms with van der Waals surface area (Å²) in [5.41, 5.74) is 2.61. The van der Waals surface area contributed by atoms with E-state index in [1.54, 1.807) is 0 Å². The van der Waals surface area contributed by atoms with E-state index in [0.717, 1.165) is 25.1 Å². The molecule has 1 rings (SSSR count). The van der Waals surface area contributed by atoms with E-state index in [-0.39, 0.29) is 5.56 Å². The number of phenols is 1. The van der Waals surface area contributed by atoms with Crippen molar-refractivity contribution in [3.05, 3.63) is 33.9 Å². The summed E-state index contributed by atoms with van der Waals surface area (Å²) < 4.78 is 25.1. The van der Waals surface area contributed by atoms with Crippen molar-refractivity contribution >= 4 is 5.69 Å². The Bertz CT molecular complexity index is 421. The molecule has 0 aliphatic heterocycles. The molecule has 0 fully saturated rings. The maximum absolute atomic E-state index is 12.6. The molecular formula is C9H10F2N2O3. The number of halogens is 2. The molecule has 0 aromatic heterocycles. The number of phenolic OH excluding ortho intramolecular Hbond substituents is 1. The van der Waals surface area contributed by atoms with Gasteiger partial charge < -0.3 is 10.8 Å². The van der Waals surface area contributed by atoms with Crippen LogP contribution in [-0.2, 0) is 5.54 Å². The van der Waals surface area contributed by atoms with Crippen molar-refractivity contribution in [2.75, 3.05) is 0 Å². The van der Waals surface area contributed by atoms with E-state index in [2.05, 4.69) is 0 Å². The molecule has 7 heteroatoms. The Morgan fingerprint density at radius 3 is 2.56 bits per heavy atom. The molecule has 1 aromatic rings. The Morgan fingerprint density at radius 2 is 2.12 bits per heavy atom. The zero-order chi connectivity index (χ0) is 12.5. The second kappa shape index (κ2) is 4.01. The number of rotatable bonds is 3. The van der Waals surface area contributed by atoms with Gasteiger partial charge in [0, 0.05) is 6.07 Å². The van der Waals surface area contributed by atoms with Crippen LogP contribution in [0.4, 0.5) is 14.5 Å². The summed E-state index contributed by atoms with van der Waals surface area (Å²) in [5.74, 6) is -0.584. The van der Waals surface area contributed by atoms with Crippen LogP contribution < -0.4 is 5.73 Å². The highest BCUT2D eigenvalue weighted by Gasteiger charge is 2.34. The van der Waals surface area contributed by atoms with Crippen LogP contribution in [0.15, 0.2) is 18.2 Å². The standard InChI is InChI=1S/C9H10F2N2O3/c1-9(12,8(10)11)5-2-3-7(14)6(4-5)13(15)16/h2-4,8,14H,12H2,1H3. The quantitative estimate of drug-likeness (QED) is 0.613. The molecule has 0 saturated heterocycles. The van der Waals surface area contributed by atoms with E-state index in [1.807, 2.05) is 0 Å². The van der Waals surface area contributed by atoms with Crippen LogP contribution in [0.5, 0.6) is 5.75 Å². The van der Waals surface area contributed by atoms with Gasteiger partial charge in [0.1, 0.15) is 0 Å². The number of nitro groups is 1. The van der Waals surface area contributed by atoms with Crippen molar-refractivity contribution in [3.63, 3.8) is 0 Å². The van der Waals surface area contributed by atoms with E-state index >= 15 is 0 Å². The van der Waals surface area contributed by atoms with E-state index in [4.69, 9.17) is 10.8 Å². The molecule has 0 aliphatic rings. The minimum Gasteiger partial charge on any atom is -0.502 e. The number of benzene rings is 1. The predicted octanol–water partition coefficient (Wildman–Crippen LogP) is 1.74. The lowest BCUT2D eigenvalue weighted by atomic mass is 9.93. The molecule has 1 atom stereocenters. The predicted molar refractivity (Wildman–Crippen MR) is 52.3 cm³/mol. The van der Waals surface area contributed by atoms with Crippen molar-refractivity contribution in [1.82, 2.24) is 0 Å². The number of nitrogens with zero attached hydrogens (tertiary/aromatic N) is 1. The second-order valence-corrected chi connectivity index (χ2v) is 3.54. The highest BCUT2D eigenvalue weighted by Crippen LogP contribution is 2.32. The number of hydrogen-bond acceptors (Lipinski definition) is 4. The maximum atomic E-state index is 12.6. The summed E-state index contributed by atoms with van der Waals surface area (Å²) >= 11 is 0. The summed E-state index contributed by atoms with van der Waals surface area (Å²) in [4.78, 5) is 9.63. The summed E-state index contributed by atoms with van der Waals surface area (Å²) in [6, 6.07) is 2.96. The molecule has 0 spiro atoms. The van der Waals surface area contributed by atoms with Crippen molar-refractivity contribution in [1.29, 1.82) is 0 Å². The van der Waals surface area contributed by atoms with Gasteiger partial charge in [0.15, 0.2) is 5.75 Å². The monoisotopic (exact) mass is 232 g/mol. The average Bonchev–Trinajstić information content (AvgIpc) is 2.17. The van der Waals surface area contributed by atoms with Gasteiger partial charge in [-0.15, -0.1) is 0 Å². The number of hydrogen-bond donors (Lipinski definition) is 2. The summed E-state index contributed by atoms with van der Waals surface area (Å²) in [6.45, 7) is 1.06. The molecule has 0 amide bonds. The largest absolute Gasteiger partial charge is 0.502 e. The van der Waals surface area contributed by atoms with Gasteiger partial charge >= 0.3 is 5.69 Å². The Kier molecular flexibility index (Phi) is 3.09. The van der Waals surface area contributed by atoms with Gasteiger partial charge in [0.2, 0.25) is 0 Å². The van der Waals surface area contributed by atoms with Crippen molar-refractivity contribution in [3.8, 4) is 5.75 Å². The summed E-state index contributed by atoms with van der Waals surface area (Å²) in [5, 5.41) is 19.6. The van der Waals surface area contributed by atoms with Gasteiger partial charge in [-0.3, -0.25) is 10.1 Å². The molecule has 0 saturated carbocycles. The zero-order valence-corrected chi connectivity index (χ0v) is 8.35. The van der Waals surface area contributed by atoms with Gasteiger partial charge in [0.25, 0.3) is 6.43 Å². The Labute approximate surface area is 89.6 Å². The first-order valence-electron chi connectivity index (χ1n) is 4.31. The highest BCUT2D eigenvalue weighted by atomic mass is 19.3. The third-order valence-corrected chi connectivity index (χ3v) is 2.25. The Balaban J connectivity index is 3.28. The van der Waals surface area contributed by atoms with Crippen molar-refractivity contribution in [2.45, 2.75) is 18.9 Å². The fourth-order valence-corrected chi connectivity index (χ4v) is 1.13. The van der Waals surface area contributed by atoms with Crippen LogP contribution in [-0.4, -0.2) is 16.5 Å². The number of nitrogens with two attached hydrogens (primary N) is 1. The zero-order valence-electron chi connectivity index (χ0n) is 8.35. The lowest BCUT2D eigenvalue weighted by Crippen LogP contribution is -2.40. The number of aromatic hydroxyl groups is 1. The van der Waals surface area contributed by atoms with Gasteiger partial charge in [-0.2, -0.15) is 0 Å². The smallest absolute Gasteiger partial charge is 0.311 e. The average molecular weight is 232 g/mol. The third kappa shape index (κ3) is 2.08. The Hall–Kier alpha value is -1.76.